The summed E-state index contributed by atoms with van der Waals surface area (Å²) in [7, 11) is 0. The van der Waals surface area contributed by atoms with E-state index in [9.17, 15) is 4.79 Å². The smallest absolute Gasteiger partial charge is 0.317 e. The van der Waals surface area contributed by atoms with Crippen molar-refractivity contribution in [2.75, 3.05) is 32.7 Å². The number of nitrogens with zero attached hydrogens (tertiary/aromatic N) is 3. The molecule has 3 heterocycles. The number of aliphatic carboxylic acids is 1. The van der Waals surface area contributed by atoms with Gasteiger partial charge >= 0.3 is 5.97 Å². The van der Waals surface area contributed by atoms with Crippen molar-refractivity contribution in [2.24, 2.45) is 5.92 Å². The van der Waals surface area contributed by atoms with E-state index in [-0.39, 0.29) is 6.54 Å². The minimum atomic E-state index is -0.747. The number of hydrogen-bond donors (Lipinski definition) is 2. The summed E-state index contributed by atoms with van der Waals surface area (Å²) in [6.07, 6.45) is 10.9. The van der Waals surface area contributed by atoms with E-state index in [2.05, 4.69) is 45.4 Å². The first-order valence-electron chi connectivity index (χ1n) is 9.99. The van der Waals surface area contributed by atoms with Crippen LogP contribution in [0.5, 0.6) is 0 Å². The maximum absolute atomic E-state index is 10.9. The third-order valence-electron chi connectivity index (χ3n) is 5.83. The van der Waals surface area contributed by atoms with E-state index < -0.39 is 5.97 Å². The summed E-state index contributed by atoms with van der Waals surface area (Å²) >= 11 is 0. The predicted molar refractivity (Wildman–Crippen MR) is 107 cm³/mol. The van der Waals surface area contributed by atoms with Crippen LogP contribution in [0.1, 0.15) is 37.3 Å². The van der Waals surface area contributed by atoms with E-state index >= 15 is 0 Å². The summed E-state index contributed by atoms with van der Waals surface area (Å²) in [6, 6.07) is 6.92. The number of nitrogens with one attached hydrogen (secondary N) is 1. The maximum atomic E-state index is 10.9. The number of rotatable bonds is 5. The van der Waals surface area contributed by atoms with Gasteiger partial charge in [-0.1, -0.05) is 18.2 Å². The van der Waals surface area contributed by atoms with Crippen LogP contribution in [-0.2, 0) is 4.79 Å². The summed E-state index contributed by atoms with van der Waals surface area (Å²) in [5.41, 5.74) is 2.41. The average Bonchev–Trinajstić information content (AvgIpc) is 3.10. The number of benzene rings is 1. The van der Waals surface area contributed by atoms with Gasteiger partial charge in [0.05, 0.1) is 24.3 Å². The zero-order chi connectivity index (χ0) is 18.6. The number of fused-ring (bicyclic) bond motifs is 1. The monoisotopic (exact) mass is 368 g/mol. The van der Waals surface area contributed by atoms with Gasteiger partial charge in [-0.3, -0.25) is 14.4 Å². The SMILES string of the molecule is O=C(O)CN1CCC(n2ncc3cc(/C=C/C4CCNCC4)ccc32)CC1. The molecule has 6 heteroatoms. The molecule has 27 heavy (non-hydrogen) atoms. The zero-order valence-corrected chi connectivity index (χ0v) is 15.7. The summed E-state index contributed by atoms with van der Waals surface area (Å²) < 4.78 is 2.13. The number of hydrogen-bond acceptors (Lipinski definition) is 4. The highest BCUT2D eigenvalue weighted by atomic mass is 16.4. The summed E-state index contributed by atoms with van der Waals surface area (Å²) in [4.78, 5) is 12.9. The number of allylic oxidation sites excluding steroid dienone is 1. The van der Waals surface area contributed by atoms with Crippen LogP contribution in [0.25, 0.3) is 17.0 Å². The molecular weight excluding hydrogens is 340 g/mol. The van der Waals surface area contributed by atoms with Gasteiger partial charge in [0.2, 0.25) is 0 Å². The van der Waals surface area contributed by atoms with Gasteiger partial charge in [0.1, 0.15) is 0 Å². The van der Waals surface area contributed by atoms with Crippen LogP contribution in [0.3, 0.4) is 0 Å². The van der Waals surface area contributed by atoms with Crippen molar-refractivity contribution in [3.63, 3.8) is 0 Å². The van der Waals surface area contributed by atoms with E-state index in [1.165, 1.54) is 29.3 Å². The van der Waals surface area contributed by atoms with Gasteiger partial charge in [0.15, 0.2) is 0 Å². The molecule has 0 bridgehead atoms. The van der Waals surface area contributed by atoms with Crippen LogP contribution in [0.15, 0.2) is 30.5 Å². The van der Waals surface area contributed by atoms with Gasteiger partial charge in [0.25, 0.3) is 0 Å². The predicted octanol–water partition coefficient (Wildman–Crippen LogP) is 2.77. The van der Waals surface area contributed by atoms with E-state index in [1.807, 2.05) is 11.1 Å². The van der Waals surface area contributed by atoms with Crippen molar-refractivity contribution in [3.8, 4) is 0 Å². The lowest BCUT2D eigenvalue weighted by Crippen LogP contribution is -2.38. The molecule has 4 rings (SSSR count). The molecule has 0 unspecified atom stereocenters. The van der Waals surface area contributed by atoms with Gasteiger partial charge in [-0.2, -0.15) is 5.10 Å². The maximum Gasteiger partial charge on any atom is 0.317 e. The minimum absolute atomic E-state index is 0.138. The van der Waals surface area contributed by atoms with Gasteiger partial charge in [-0.05, 0) is 62.4 Å². The quantitative estimate of drug-likeness (QED) is 0.849. The second-order valence-corrected chi connectivity index (χ2v) is 7.75. The normalized spacial score (nSPS) is 20.6. The molecular formula is C21H28N4O2. The Balaban J connectivity index is 1.43. The summed E-state index contributed by atoms with van der Waals surface area (Å²) in [5.74, 6) is -0.0660. The Hall–Kier alpha value is -2.18. The molecule has 0 amide bonds. The van der Waals surface area contributed by atoms with E-state index in [0.717, 1.165) is 39.0 Å². The molecule has 6 nitrogen and oxygen atoms in total. The number of carboxylic acid groups (broad SMARTS) is 1. The molecule has 0 saturated carbocycles. The molecule has 0 radical (unpaired) electrons. The Kier molecular flexibility index (Phi) is 5.55. The van der Waals surface area contributed by atoms with Crippen LogP contribution >= 0.6 is 0 Å². The van der Waals surface area contributed by atoms with Crippen LogP contribution in [0, 0.1) is 5.92 Å². The molecule has 2 aliphatic heterocycles. The molecule has 2 saturated heterocycles. The number of carboxylic acids is 1. The molecule has 2 aliphatic rings. The van der Waals surface area contributed by atoms with Crippen LogP contribution < -0.4 is 5.32 Å². The van der Waals surface area contributed by atoms with Crippen molar-refractivity contribution in [1.82, 2.24) is 20.0 Å². The van der Waals surface area contributed by atoms with Crippen LogP contribution in [0.4, 0.5) is 0 Å². The van der Waals surface area contributed by atoms with Gasteiger partial charge in [-0.15, -0.1) is 0 Å². The second-order valence-electron chi connectivity index (χ2n) is 7.75. The van der Waals surface area contributed by atoms with Crippen LogP contribution in [0.2, 0.25) is 0 Å². The fourth-order valence-corrected chi connectivity index (χ4v) is 4.26. The molecule has 2 aromatic rings. The molecule has 0 spiro atoms. The van der Waals surface area contributed by atoms with Crippen molar-refractivity contribution in [3.05, 3.63) is 36.0 Å². The average molecular weight is 368 g/mol. The molecule has 0 aliphatic carbocycles. The lowest BCUT2D eigenvalue weighted by Gasteiger charge is -2.31. The Labute approximate surface area is 159 Å². The topological polar surface area (TPSA) is 70.4 Å². The molecule has 1 aromatic heterocycles. The highest BCUT2D eigenvalue weighted by molar-refractivity contribution is 5.81. The second kappa shape index (κ2) is 8.23. The summed E-state index contributed by atoms with van der Waals surface area (Å²) in [6.45, 7) is 4.00. The zero-order valence-electron chi connectivity index (χ0n) is 15.7. The number of carbonyl (C=O) groups is 1. The van der Waals surface area contributed by atoms with Crippen molar-refractivity contribution in [1.29, 1.82) is 0 Å². The highest BCUT2D eigenvalue weighted by Gasteiger charge is 2.23. The molecule has 144 valence electrons. The van der Waals surface area contributed by atoms with Crippen molar-refractivity contribution in [2.45, 2.75) is 31.7 Å². The first kappa shape index (κ1) is 18.2. The van der Waals surface area contributed by atoms with Gasteiger partial charge in [-0.25, -0.2) is 0 Å². The molecule has 2 fully saturated rings. The van der Waals surface area contributed by atoms with E-state index in [0.29, 0.717) is 12.0 Å². The first-order chi connectivity index (χ1) is 13.2. The molecule has 2 N–H and O–H groups in total. The molecule has 1 aromatic carbocycles. The van der Waals surface area contributed by atoms with Crippen LogP contribution in [-0.4, -0.2) is 58.5 Å². The van der Waals surface area contributed by atoms with Crippen molar-refractivity contribution >= 4 is 22.9 Å². The largest absolute Gasteiger partial charge is 0.480 e. The Morgan fingerprint density at radius 1 is 1.22 bits per heavy atom. The van der Waals surface area contributed by atoms with E-state index in [1.54, 1.807) is 0 Å². The fraction of sp³-hybridized carbons (Fsp3) is 0.524. The van der Waals surface area contributed by atoms with E-state index in [4.69, 9.17) is 5.11 Å². The lowest BCUT2D eigenvalue weighted by molar-refractivity contribution is -0.138. The standard InChI is InChI=1S/C21H28N4O2/c26-21(27)15-24-11-7-19(8-12-24)25-20-4-3-17(13-18(20)14-23-25)2-1-16-5-9-22-10-6-16/h1-4,13-14,16,19,22H,5-12,15H2,(H,26,27)/b2-1+. The minimum Gasteiger partial charge on any atom is -0.480 e. The van der Waals surface area contributed by atoms with Crippen molar-refractivity contribution < 1.29 is 9.90 Å². The number of piperidine rings is 2. The lowest BCUT2D eigenvalue weighted by atomic mass is 9.97. The molecule has 0 atom stereocenters. The Bertz CT molecular complexity index is 815. The first-order valence-corrected chi connectivity index (χ1v) is 9.99. The summed E-state index contributed by atoms with van der Waals surface area (Å²) in [5, 5.41) is 18.2. The van der Waals surface area contributed by atoms with Gasteiger partial charge in [0, 0.05) is 18.5 Å². The number of likely N-dealkylation sites (tertiary alicyclic amines) is 1. The third-order valence-corrected chi connectivity index (χ3v) is 5.83. The van der Waals surface area contributed by atoms with Gasteiger partial charge < -0.3 is 10.4 Å². The highest BCUT2D eigenvalue weighted by Crippen LogP contribution is 2.27. The Morgan fingerprint density at radius 3 is 2.74 bits per heavy atom. The number of aromatic nitrogens is 2. The Morgan fingerprint density at radius 2 is 2.00 bits per heavy atom. The third kappa shape index (κ3) is 4.39. The fourth-order valence-electron chi connectivity index (χ4n) is 4.26.